The van der Waals surface area contributed by atoms with Crippen LogP contribution in [0.5, 0.6) is 0 Å². The van der Waals surface area contributed by atoms with Crippen molar-refractivity contribution in [2.45, 2.75) is 20.3 Å². The van der Waals surface area contributed by atoms with E-state index < -0.39 is 4.92 Å². The van der Waals surface area contributed by atoms with Crippen molar-refractivity contribution in [2.24, 2.45) is 0 Å². The van der Waals surface area contributed by atoms with Crippen molar-refractivity contribution in [1.29, 1.82) is 0 Å². The van der Waals surface area contributed by atoms with Crippen molar-refractivity contribution in [2.75, 3.05) is 23.3 Å². The first-order valence-corrected chi connectivity index (χ1v) is 7.84. The highest BCUT2D eigenvalue weighted by Crippen LogP contribution is 2.29. The molecule has 1 aliphatic heterocycles. The molecule has 0 atom stereocenters. The molecular weight excluding hydrogens is 306 g/mol. The summed E-state index contributed by atoms with van der Waals surface area (Å²) in [5.41, 5.74) is 4.19. The van der Waals surface area contributed by atoms with Crippen LogP contribution >= 0.6 is 0 Å². The number of anilines is 2. The van der Waals surface area contributed by atoms with Crippen LogP contribution in [0.4, 0.5) is 17.1 Å². The van der Waals surface area contributed by atoms with E-state index in [2.05, 4.69) is 11.4 Å². The molecule has 1 amide bonds. The normalized spacial score (nSPS) is 12.8. The third-order valence-corrected chi connectivity index (χ3v) is 4.40. The number of rotatable bonds is 4. The van der Waals surface area contributed by atoms with E-state index in [0.29, 0.717) is 0 Å². The van der Waals surface area contributed by atoms with Crippen molar-refractivity contribution in [3.63, 3.8) is 0 Å². The monoisotopic (exact) mass is 325 g/mol. The number of nitro benzene ring substituents is 1. The van der Waals surface area contributed by atoms with Crippen LogP contribution in [-0.2, 0) is 11.2 Å². The van der Waals surface area contributed by atoms with Gasteiger partial charge in [0.05, 0.1) is 11.5 Å². The van der Waals surface area contributed by atoms with Crippen LogP contribution < -0.4 is 10.2 Å². The average molecular weight is 325 g/mol. The number of fused-ring (bicyclic) bond motifs is 1. The lowest BCUT2D eigenvalue weighted by Gasteiger charge is -2.19. The number of para-hydroxylation sites is 1. The maximum atomic E-state index is 12.4. The summed E-state index contributed by atoms with van der Waals surface area (Å²) in [6.07, 6.45) is 0.910. The average Bonchev–Trinajstić information content (AvgIpc) is 2.93. The van der Waals surface area contributed by atoms with E-state index in [1.165, 1.54) is 11.6 Å². The zero-order chi connectivity index (χ0) is 17.3. The van der Waals surface area contributed by atoms with E-state index in [9.17, 15) is 14.9 Å². The van der Waals surface area contributed by atoms with Gasteiger partial charge in [-0.05, 0) is 49.1 Å². The van der Waals surface area contributed by atoms with Gasteiger partial charge in [0.15, 0.2) is 0 Å². The number of amides is 1. The standard InChI is InChI=1S/C18H19N3O3/c1-12-9-15(17(21(23)24)10-13(12)2)19-18(22)11-20-8-7-14-5-3-4-6-16(14)20/h3-6,9-10H,7-8,11H2,1-2H3,(H,19,22). The van der Waals surface area contributed by atoms with Gasteiger partial charge in [0, 0.05) is 18.3 Å². The molecule has 124 valence electrons. The van der Waals surface area contributed by atoms with Crippen LogP contribution in [0, 0.1) is 24.0 Å². The number of hydrogen-bond acceptors (Lipinski definition) is 4. The summed E-state index contributed by atoms with van der Waals surface area (Å²) in [5.74, 6) is -0.252. The Kier molecular flexibility index (Phi) is 4.20. The zero-order valence-corrected chi connectivity index (χ0v) is 13.7. The highest BCUT2D eigenvalue weighted by atomic mass is 16.6. The fourth-order valence-corrected chi connectivity index (χ4v) is 2.99. The van der Waals surface area contributed by atoms with Gasteiger partial charge in [-0.25, -0.2) is 0 Å². The SMILES string of the molecule is Cc1cc(NC(=O)CN2CCc3ccccc32)c([N+](=O)[O-])cc1C. The van der Waals surface area contributed by atoms with Gasteiger partial charge in [0.2, 0.25) is 5.91 Å². The quantitative estimate of drug-likeness (QED) is 0.692. The lowest BCUT2D eigenvalue weighted by molar-refractivity contribution is -0.384. The molecule has 2 aromatic rings. The van der Waals surface area contributed by atoms with E-state index in [0.717, 1.165) is 29.8 Å². The van der Waals surface area contributed by atoms with E-state index in [1.54, 1.807) is 6.07 Å². The fraction of sp³-hybridized carbons (Fsp3) is 0.278. The Hall–Kier alpha value is -2.89. The van der Waals surface area contributed by atoms with Gasteiger partial charge in [0.1, 0.15) is 5.69 Å². The van der Waals surface area contributed by atoms with Crippen molar-refractivity contribution in [3.8, 4) is 0 Å². The number of nitrogens with zero attached hydrogens (tertiary/aromatic N) is 2. The van der Waals surface area contributed by atoms with E-state index in [1.807, 2.05) is 36.9 Å². The van der Waals surface area contributed by atoms with E-state index in [4.69, 9.17) is 0 Å². The Morgan fingerprint density at radius 1 is 1.25 bits per heavy atom. The first-order chi connectivity index (χ1) is 11.5. The number of benzene rings is 2. The predicted molar refractivity (Wildman–Crippen MR) is 93.6 cm³/mol. The number of carbonyl (C=O) groups is 1. The molecule has 0 saturated carbocycles. The number of hydrogen-bond donors (Lipinski definition) is 1. The van der Waals surface area contributed by atoms with E-state index in [-0.39, 0.29) is 23.8 Å². The van der Waals surface area contributed by atoms with Gasteiger partial charge in [-0.2, -0.15) is 0 Å². The first-order valence-electron chi connectivity index (χ1n) is 7.84. The molecule has 6 heteroatoms. The minimum Gasteiger partial charge on any atom is -0.362 e. The molecule has 0 aliphatic carbocycles. The number of nitro groups is 1. The smallest absolute Gasteiger partial charge is 0.293 e. The van der Waals surface area contributed by atoms with Crippen LogP contribution in [0.2, 0.25) is 0 Å². The summed E-state index contributed by atoms with van der Waals surface area (Å²) >= 11 is 0. The molecular formula is C18H19N3O3. The predicted octanol–water partition coefficient (Wildman–Crippen LogP) is 3.21. The second-order valence-electron chi connectivity index (χ2n) is 6.06. The van der Waals surface area contributed by atoms with Gasteiger partial charge in [-0.15, -0.1) is 0 Å². The molecule has 0 spiro atoms. The second-order valence-corrected chi connectivity index (χ2v) is 6.06. The molecule has 0 bridgehead atoms. The van der Waals surface area contributed by atoms with Crippen LogP contribution in [0.1, 0.15) is 16.7 Å². The highest BCUT2D eigenvalue weighted by molar-refractivity contribution is 5.96. The van der Waals surface area contributed by atoms with Crippen LogP contribution in [0.25, 0.3) is 0 Å². The van der Waals surface area contributed by atoms with Crippen molar-refractivity contribution < 1.29 is 9.72 Å². The molecule has 6 nitrogen and oxygen atoms in total. The van der Waals surface area contributed by atoms with Crippen molar-refractivity contribution >= 4 is 23.0 Å². The summed E-state index contributed by atoms with van der Waals surface area (Å²) in [6, 6.07) is 11.1. The summed E-state index contributed by atoms with van der Waals surface area (Å²) in [6.45, 7) is 4.64. The lowest BCUT2D eigenvalue weighted by atomic mass is 10.1. The molecule has 1 aliphatic rings. The molecule has 0 saturated heterocycles. The number of carbonyl (C=O) groups excluding carboxylic acids is 1. The Balaban J connectivity index is 1.77. The number of nitrogens with one attached hydrogen (secondary N) is 1. The Morgan fingerprint density at radius 2 is 1.96 bits per heavy atom. The van der Waals surface area contributed by atoms with Crippen LogP contribution in [-0.4, -0.2) is 23.9 Å². The lowest BCUT2D eigenvalue weighted by Crippen LogP contribution is -2.32. The van der Waals surface area contributed by atoms with E-state index >= 15 is 0 Å². The topological polar surface area (TPSA) is 75.5 Å². The Bertz CT molecular complexity index is 817. The minimum atomic E-state index is -0.465. The third kappa shape index (κ3) is 3.08. The Morgan fingerprint density at radius 3 is 2.71 bits per heavy atom. The summed E-state index contributed by atoms with van der Waals surface area (Å²) in [7, 11) is 0. The van der Waals surface area contributed by atoms with Crippen LogP contribution in [0.15, 0.2) is 36.4 Å². The second kappa shape index (κ2) is 6.31. The van der Waals surface area contributed by atoms with Gasteiger partial charge in [-0.3, -0.25) is 14.9 Å². The summed E-state index contributed by atoms with van der Waals surface area (Å²) in [4.78, 5) is 25.1. The molecule has 3 rings (SSSR count). The molecule has 1 N–H and O–H groups in total. The maximum Gasteiger partial charge on any atom is 0.293 e. The van der Waals surface area contributed by atoms with Gasteiger partial charge >= 0.3 is 0 Å². The largest absolute Gasteiger partial charge is 0.362 e. The third-order valence-electron chi connectivity index (χ3n) is 4.40. The zero-order valence-electron chi connectivity index (χ0n) is 13.7. The minimum absolute atomic E-state index is 0.0757. The Labute approximate surface area is 140 Å². The molecule has 0 aromatic heterocycles. The fourth-order valence-electron chi connectivity index (χ4n) is 2.99. The van der Waals surface area contributed by atoms with Gasteiger partial charge in [0.25, 0.3) is 5.69 Å². The first kappa shape index (κ1) is 16.0. The highest BCUT2D eigenvalue weighted by Gasteiger charge is 2.22. The molecule has 0 fully saturated rings. The molecule has 24 heavy (non-hydrogen) atoms. The molecule has 1 heterocycles. The maximum absolute atomic E-state index is 12.4. The van der Waals surface area contributed by atoms with Gasteiger partial charge < -0.3 is 10.2 Å². The molecule has 2 aromatic carbocycles. The van der Waals surface area contributed by atoms with Gasteiger partial charge in [-0.1, -0.05) is 18.2 Å². The molecule has 0 radical (unpaired) electrons. The molecule has 0 unspecified atom stereocenters. The van der Waals surface area contributed by atoms with Crippen molar-refractivity contribution in [3.05, 3.63) is 63.2 Å². The number of aryl methyl sites for hydroxylation is 2. The van der Waals surface area contributed by atoms with Crippen LogP contribution in [0.3, 0.4) is 0 Å². The van der Waals surface area contributed by atoms with Crippen molar-refractivity contribution in [1.82, 2.24) is 0 Å². The summed E-state index contributed by atoms with van der Waals surface area (Å²) in [5, 5.41) is 13.9. The summed E-state index contributed by atoms with van der Waals surface area (Å²) < 4.78 is 0.